The lowest BCUT2D eigenvalue weighted by Crippen LogP contribution is -2.25. The number of hydrogen-bond acceptors (Lipinski definition) is 6. The third-order valence-electron chi connectivity index (χ3n) is 6.09. The van der Waals surface area contributed by atoms with E-state index in [-0.39, 0.29) is 29.8 Å². The van der Waals surface area contributed by atoms with Gasteiger partial charge in [0.1, 0.15) is 23.1 Å². The number of anilines is 2. The number of amides is 2. The van der Waals surface area contributed by atoms with Crippen LogP contribution >= 0.6 is 0 Å². The van der Waals surface area contributed by atoms with Gasteiger partial charge in [0, 0.05) is 36.0 Å². The van der Waals surface area contributed by atoms with Crippen LogP contribution in [0.3, 0.4) is 0 Å². The van der Waals surface area contributed by atoms with Gasteiger partial charge in [-0.1, -0.05) is 12.1 Å². The molecule has 1 heterocycles. The first kappa shape index (κ1) is 26.5. The number of nitrogens with zero attached hydrogens (tertiary/aromatic N) is 3. The van der Waals surface area contributed by atoms with Crippen molar-refractivity contribution in [2.75, 3.05) is 24.7 Å². The summed E-state index contributed by atoms with van der Waals surface area (Å²) >= 11 is 0. The monoisotopic (exact) mass is 527 g/mol. The molecule has 194 valence electrons. The molecule has 0 radical (unpaired) electrons. The average Bonchev–Trinajstić information content (AvgIpc) is 3.70. The van der Waals surface area contributed by atoms with E-state index in [9.17, 15) is 22.6 Å². The predicted molar refractivity (Wildman–Crippen MR) is 137 cm³/mol. The lowest BCUT2D eigenvalue weighted by atomic mass is 9.98. The number of carbonyl (C=O) groups excluding carboxylic acids is 2. The average molecular weight is 528 g/mol. The fraction of sp³-hybridized carbons (Fsp3) is 0.308. The Hall–Kier alpha value is -3.57. The van der Waals surface area contributed by atoms with E-state index in [2.05, 4.69) is 20.6 Å². The van der Waals surface area contributed by atoms with Gasteiger partial charge in [0.2, 0.25) is 11.6 Å². The highest BCUT2D eigenvalue weighted by Gasteiger charge is 2.27. The second-order valence-electron chi connectivity index (χ2n) is 8.87. The van der Waals surface area contributed by atoms with Crippen LogP contribution in [0.5, 0.6) is 0 Å². The molecule has 4 rings (SSSR count). The smallest absolute Gasteiger partial charge is 0.251 e. The molecule has 0 spiro atoms. The minimum Gasteiger partial charge on any atom is -0.352 e. The van der Waals surface area contributed by atoms with Crippen LogP contribution in [0, 0.1) is 24.5 Å². The van der Waals surface area contributed by atoms with E-state index in [4.69, 9.17) is 0 Å². The number of hydrogen-bond donors (Lipinski definition) is 2. The largest absolute Gasteiger partial charge is 0.352 e. The first-order valence-electron chi connectivity index (χ1n) is 11.7. The lowest BCUT2D eigenvalue weighted by Gasteiger charge is -2.23. The van der Waals surface area contributed by atoms with Crippen LogP contribution < -0.4 is 15.5 Å². The molecule has 37 heavy (non-hydrogen) atoms. The lowest BCUT2D eigenvalue weighted by molar-refractivity contribution is -0.106. The molecule has 0 aliphatic heterocycles. The van der Waals surface area contributed by atoms with Crippen molar-refractivity contribution in [1.29, 1.82) is 0 Å². The van der Waals surface area contributed by atoms with Crippen molar-refractivity contribution in [2.24, 2.45) is 5.92 Å². The highest BCUT2D eigenvalue weighted by molar-refractivity contribution is 7.84. The van der Waals surface area contributed by atoms with Crippen molar-refractivity contribution >= 4 is 34.6 Å². The van der Waals surface area contributed by atoms with Crippen molar-refractivity contribution in [3.05, 3.63) is 64.7 Å². The maximum atomic E-state index is 14.7. The van der Waals surface area contributed by atoms with Crippen LogP contribution in [-0.2, 0) is 22.1 Å². The molecule has 2 N–H and O–H groups in total. The van der Waals surface area contributed by atoms with Gasteiger partial charge in [-0.25, -0.2) is 18.7 Å². The zero-order valence-corrected chi connectivity index (χ0v) is 21.5. The first-order chi connectivity index (χ1) is 17.7. The Kier molecular flexibility index (Phi) is 8.03. The molecule has 2 amide bonds. The predicted octanol–water partition coefficient (Wildman–Crippen LogP) is 3.62. The van der Waals surface area contributed by atoms with Crippen molar-refractivity contribution in [3.8, 4) is 11.3 Å². The van der Waals surface area contributed by atoms with Crippen molar-refractivity contribution in [1.82, 2.24) is 20.6 Å². The number of aryl methyl sites for hydroxylation is 1. The van der Waals surface area contributed by atoms with Gasteiger partial charge in [0.25, 0.3) is 5.91 Å². The molecular weight excluding hydrogens is 500 g/mol. The topological polar surface area (TPSA) is 104 Å². The van der Waals surface area contributed by atoms with Crippen LogP contribution in [0.4, 0.5) is 20.3 Å². The number of rotatable bonds is 10. The molecular formula is C26H27F2N5O3S. The maximum absolute atomic E-state index is 14.7. The van der Waals surface area contributed by atoms with E-state index in [1.54, 1.807) is 25.2 Å². The summed E-state index contributed by atoms with van der Waals surface area (Å²) in [6.45, 7) is 2.54. The van der Waals surface area contributed by atoms with E-state index in [0.29, 0.717) is 34.8 Å². The number of aromatic nitrogens is 2. The van der Waals surface area contributed by atoms with E-state index in [0.717, 1.165) is 35.4 Å². The second kappa shape index (κ2) is 11.2. The number of carbonyl (C=O) groups is 2. The van der Waals surface area contributed by atoms with Crippen molar-refractivity contribution in [2.45, 2.75) is 31.5 Å². The molecule has 3 aromatic rings. The molecule has 1 atom stereocenters. The minimum absolute atomic E-state index is 0.110. The molecule has 1 aliphatic carbocycles. The van der Waals surface area contributed by atoms with Gasteiger partial charge in [-0.2, -0.15) is 0 Å². The molecule has 11 heteroatoms. The summed E-state index contributed by atoms with van der Waals surface area (Å²) in [5.41, 5.74) is 1.72. The van der Waals surface area contributed by atoms with E-state index in [1.165, 1.54) is 12.3 Å². The van der Waals surface area contributed by atoms with E-state index in [1.807, 2.05) is 6.92 Å². The Morgan fingerprint density at radius 3 is 2.49 bits per heavy atom. The molecule has 1 aliphatic rings. The molecule has 1 unspecified atom stereocenters. The summed E-state index contributed by atoms with van der Waals surface area (Å²) in [6.07, 6.45) is 3.82. The number of nitrogens with one attached hydrogen (secondary N) is 2. The van der Waals surface area contributed by atoms with Gasteiger partial charge >= 0.3 is 0 Å². The second-order valence-corrected chi connectivity index (χ2v) is 10.1. The van der Waals surface area contributed by atoms with Gasteiger partial charge in [-0.3, -0.25) is 18.7 Å². The standard InChI is InChI=1S/C26H27F2N5O3S/c1-15-7-10-17(25(35)30-12-16-8-9-16)11-18(15)22-19(13-29-2)24(32-26(31-22)37(3)36)33(14-34)23-20(27)5-4-6-21(23)28/h4-7,10-11,14,16,29H,8-9,12-13H2,1-3H3,(H,30,35). The minimum atomic E-state index is -1.70. The fourth-order valence-corrected chi connectivity index (χ4v) is 4.38. The molecule has 2 aromatic carbocycles. The van der Waals surface area contributed by atoms with Crippen LogP contribution in [0.2, 0.25) is 0 Å². The van der Waals surface area contributed by atoms with Gasteiger partial charge in [-0.05, 0) is 62.6 Å². The quantitative estimate of drug-likeness (QED) is 0.308. The first-order valence-corrected chi connectivity index (χ1v) is 13.3. The highest BCUT2D eigenvalue weighted by atomic mass is 32.2. The van der Waals surface area contributed by atoms with E-state index >= 15 is 0 Å². The normalized spacial score (nSPS) is 13.8. The summed E-state index contributed by atoms with van der Waals surface area (Å²) in [5.74, 6) is -1.78. The number of para-hydroxylation sites is 1. The summed E-state index contributed by atoms with van der Waals surface area (Å²) < 4.78 is 41.9. The Morgan fingerprint density at radius 1 is 1.19 bits per heavy atom. The summed E-state index contributed by atoms with van der Waals surface area (Å²) in [6, 6.07) is 8.38. The summed E-state index contributed by atoms with van der Waals surface area (Å²) in [7, 11) is -0.0395. The maximum Gasteiger partial charge on any atom is 0.251 e. The van der Waals surface area contributed by atoms with Gasteiger partial charge in [-0.15, -0.1) is 0 Å². The molecule has 1 fully saturated rings. The number of benzene rings is 2. The van der Waals surface area contributed by atoms with Crippen molar-refractivity contribution in [3.63, 3.8) is 0 Å². The zero-order valence-electron chi connectivity index (χ0n) is 20.7. The van der Waals surface area contributed by atoms with Crippen LogP contribution in [-0.4, -0.2) is 46.3 Å². The number of halogens is 2. The van der Waals surface area contributed by atoms with Crippen LogP contribution in [0.15, 0.2) is 41.6 Å². The Labute approximate surface area is 216 Å². The Bertz CT molecular complexity index is 1360. The molecule has 0 bridgehead atoms. The van der Waals surface area contributed by atoms with Crippen LogP contribution in [0.25, 0.3) is 11.3 Å². The van der Waals surface area contributed by atoms with Crippen molar-refractivity contribution < 1.29 is 22.6 Å². The molecule has 8 nitrogen and oxygen atoms in total. The third-order valence-corrected chi connectivity index (χ3v) is 6.79. The SMILES string of the molecule is CNCc1c(-c2cc(C(=O)NCC3CC3)ccc2C)nc(S(C)=O)nc1N(C=O)c1c(F)cccc1F. The van der Waals surface area contributed by atoms with Crippen LogP contribution in [0.1, 0.15) is 34.3 Å². The highest BCUT2D eigenvalue weighted by Crippen LogP contribution is 2.36. The third kappa shape index (κ3) is 5.72. The Morgan fingerprint density at radius 2 is 1.89 bits per heavy atom. The fourth-order valence-electron chi connectivity index (χ4n) is 3.95. The summed E-state index contributed by atoms with van der Waals surface area (Å²) in [5, 5.41) is 5.78. The van der Waals surface area contributed by atoms with Gasteiger partial charge in [0.15, 0.2) is 0 Å². The molecule has 0 saturated heterocycles. The van der Waals surface area contributed by atoms with Gasteiger partial charge < -0.3 is 10.6 Å². The zero-order chi connectivity index (χ0) is 26.7. The van der Waals surface area contributed by atoms with E-state index < -0.39 is 28.1 Å². The Balaban J connectivity index is 1.92. The summed E-state index contributed by atoms with van der Waals surface area (Å²) in [4.78, 5) is 34.6. The van der Waals surface area contributed by atoms with Gasteiger partial charge in [0.05, 0.1) is 16.5 Å². The molecule has 1 saturated carbocycles. The molecule has 1 aromatic heterocycles.